The number of carboxylic acid groups (broad SMARTS) is 1. The van der Waals surface area contributed by atoms with Crippen molar-refractivity contribution in [2.75, 3.05) is 6.61 Å². The van der Waals surface area contributed by atoms with Gasteiger partial charge >= 0.3 is 5.97 Å². The smallest absolute Gasteiger partial charge is 0.353 e. The van der Waals surface area contributed by atoms with Crippen LogP contribution in [-0.2, 0) is 9.63 Å². The van der Waals surface area contributed by atoms with E-state index in [1.165, 1.54) is 39.0 Å². The minimum Gasteiger partial charge on any atom is -0.477 e. The lowest BCUT2D eigenvalue weighted by Gasteiger charge is -2.17. The molecule has 1 aliphatic rings. The van der Waals surface area contributed by atoms with Crippen LogP contribution < -0.4 is 0 Å². The predicted molar refractivity (Wildman–Crippen MR) is 62.4 cm³/mol. The third kappa shape index (κ3) is 4.96. The number of allylic oxidation sites excluding steroid dienone is 1. The number of nitrogens with zero attached hydrogens (tertiary/aromatic N) is 1. The molecule has 0 spiro atoms. The van der Waals surface area contributed by atoms with E-state index in [0.717, 1.165) is 0 Å². The molecule has 16 heavy (non-hydrogen) atoms. The molecular weight excluding hydrogens is 206 g/mol. The maximum Gasteiger partial charge on any atom is 0.353 e. The Labute approximate surface area is 96.0 Å². The maximum absolute atomic E-state index is 10.4. The summed E-state index contributed by atoms with van der Waals surface area (Å²) in [5.74, 6) is -0.377. The predicted octanol–water partition coefficient (Wildman–Crippen LogP) is 2.60. The Hall–Kier alpha value is -1.32. The van der Waals surface area contributed by atoms with E-state index in [2.05, 4.69) is 11.2 Å². The molecule has 0 amide bonds. The number of oxime groups is 1. The van der Waals surface area contributed by atoms with Crippen LogP contribution >= 0.6 is 0 Å². The molecule has 0 aromatic carbocycles. The minimum atomic E-state index is -1.05. The standard InChI is InChI=1S/C12H19NO3/c1-10(12(14)15)13-16-9-5-8-11-6-3-2-4-7-11/h5,8,11H,2-4,6-7,9H2,1H3,(H,14,15). The van der Waals surface area contributed by atoms with Gasteiger partial charge in [-0.2, -0.15) is 0 Å². The Morgan fingerprint density at radius 1 is 1.44 bits per heavy atom. The zero-order valence-corrected chi connectivity index (χ0v) is 9.69. The summed E-state index contributed by atoms with van der Waals surface area (Å²) in [6.45, 7) is 1.76. The number of carboxylic acids is 1. The first kappa shape index (κ1) is 12.7. The van der Waals surface area contributed by atoms with Gasteiger partial charge in [-0.25, -0.2) is 4.79 Å². The fraction of sp³-hybridized carbons (Fsp3) is 0.667. The van der Waals surface area contributed by atoms with Gasteiger partial charge in [0.05, 0.1) is 0 Å². The van der Waals surface area contributed by atoms with E-state index in [1.54, 1.807) is 0 Å². The molecule has 1 aliphatic carbocycles. The van der Waals surface area contributed by atoms with Crippen molar-refractivity contribution in [3.8, 4) is 0 Å². The Bertz CT molecular complexity index is 278. The van der Waals surface area contributed by atoms with Crippen LogP contribution in [0.1, 0.15) is 39.0 Å². The van der Waals surface area contributed by atoms with E-state index >= 15 is 0 Å². The third-order valence-electron chi connectivity index (χ3n) is 2.74. The van der Waals surface area contributed by atoms with Gasteiger partial charge in [-0.05, 0) is 31.8 Å². The quantitative estimate of drug-likeness (QED) is 0.338. The van der Waals surface area contributed by atoms with Crippen molar-refractivity contribution in [2.24, 2.45) is 11.1 Å². The summed E-state index contributed by atoms with van der Waals surface area (Å²) in [5, 5.41) is 12.0. The normalized spacial score (nSPS) is 18.9. The number of rotatable bonds is 5. The molecule has 1 fully saturated rings. The van der Waals surface area contributed by atoms with Crippen molar-refractivity contribution >= 4 is 11.7 Å². The maximum atomic E-state index is 10.4. The lowest BCUT2D eigenvalue weighted by atomic mass is 9.89. The summed E-state index contributed by atoms with van der Waals surface area (Å²) in [6.07, 6.45) is 10.6. The van der Waals surface area contributed by atoms with Crippen molar-refractivity contribution in [3.63, 3.8) is 0 Å². The van der Waals surface area contributed by atoms with Gasteiger partial charge in [0.2, 0.25) is 0 Å². The highest BCUT2D eigenvalue weighted by Gasteiger charge is 2.09. The van der Waals surface area contributed by atoms with Crippen molar-refractivity contribution in [3.05, 3.63) is 12.2 Å². The third-order valence-corrected chi connectivity index (χ3v) is 2.74. The van der Waals surface area contributed by atoms with Crippen LogP contribution in [0.25, 0.3) is 0 Å². The molecule has 0 saturated heterocycles. The average Bonchev–Trinajstić information content (AvgIpc) is 2.29. The first-order valence-electron chi connectivity index (χ1n) is 5.76. The summed E-state index contributed by atoms with van der Waals surface area (Å²) in [5.41, 5.74) is -0.0222. The fourth-order valence-electron chi connectivity index (χ4n) is 1.79. The highest BCUT2D eigenvalue weighted by molar-refractivity contribution is 6.34. The molecule has 4 heteroatoms. The van der Waals surface area contributed by atoms with E-state index in [-0.39, 0.29) is 5.71 Å². The van der Waals surface area contributed by atoms with Gasteiger partial charge in [0, 0.05) is 0 Å². The van der Waals surface area contributed by atoms with Gasteiger partial charge in [0.1, 0.15) is 6.61 Å². The Balaban J connectivity index is 2.16. The molecule has 0 radical (unpaired) electrons. The second kappa shape index (κ2) is 7.04. The first-order valence-corrected chi connectivity index (χ1v) is 5.76. The molecule has 0 aromatic rings. The van der Waals surface area contributed by atoms with Gasteiger partial charge in [-0.3, -0.25) is 0 Å². The van der Waals surface area contributed by atoms with Crippen LogP contribution in [0.3, 0.4) is 0 Å². The lowest BCUT2D eigenvalue weighted by Crippen LogP contribution is -2.08. The van der Waals surface area contributed by atoms with E-state index in [9.17, 15) is 4.79 Å². The van der Waals surface area contributed by atoms with Crippen LogP contribution in [0.5, 0.6) is 0 Å². The Morgan fingerprint density at radius 3 is 2.75 bits per heavy atom. The average molecular weight is 225 g/mol. The number of aliphatic carboxylic acids is 1. The molecule has 0 bridgehead atoms. The molecule has 90 valence electrons. The van der Waals surface area contributed by atoms with Gasteiger partial charge in [0.25, 0.3) is 0 Å². The van der Waals surface area contributed by atoms with Crippen molar-refractivity contribution in [1.82, 2.24) is 0 Å². The summed E-state index contributed by atoms with van der Waals surface area (Å²) in [7, 11) is 0. The van der Waals surface area contributed by atoms with E-state index in [0.29, 0.717) is 12.5 Å². The fourth-order valence-corrected chi connectivity index (χ4v) is 1.79. The molecule has 1 saturated carbocycles. The van der Waals surface area contributed by atoms with Crippen LogP contribution in [0.15, 0.2) is 17.3 Å². The van der Waals surface area contributed by atoms with Crippen LogP contribution in [0.4, 0.5) is 0 Å². The molecule has 0 aromatic heterocycles. The Kier molecular flexibility index (Phi) is 5.61. The van der Waals surface area contributed by atoms with E-state index < -0.39 is 5.97 Å². The lowest BCUT2D eigenvalue weighted by molar-refractivity contribution is -0.129. The molecule has 0 atom stereocenters. The Morgan fingerprint density at radius 2 is 2.12 bits per heavy atom. The van der Waals surface area contributed by atoms with Crippen LogP contribution in [0.2, 0.25) is 0 Å². The molecule has 1 rings (SSSR count). The second-order valence-electron chi connectivity index (χ2n) is 4.10. The molecule has 0 aliphatic heterocycles. The largest absolute Gasteiger partial charge is 0.477 e. The molecular formula is C12H19NO3. The summed E-state index contributed by atoms with van der Waals surface area (Å²) in [6, 6.07) is 0. The highest BCUT2D eigenvalue weighted by Crippen LogP contribution is 2.24. The summed E-state index contributed by atoms with van der Waals surface area (Å²) >= 11 is 0. The number of hydrogen-bond acceptors (Lipinski definition) is 3. The van der Waals surface area contributed by atoms with Crippen LogP contribution in [-0.4, -0.2) is 23.4 Å². The number of carbonyl (C=O) groups is 1. The monoisotopic (exact) mass is 225 g/mol. The second-order valence-corrected chi connectivity index (χ2v) is 4.10. The van der Waals surface area contributed by atoms with Gasteiger partial charge in [-0.1, -0.05) is 30.5 Å². The van der Waals surface area contributed by atoms with Crippen LogP contribution in [0, 0.1) is 5.92 Å². The molecule has 4 nitrogen and oxygen atoms in total. The van der Waals surface area contributed by atoms with Gasteiger partial charge in [0.15, 0.2) is 5.71 Å². The SMILES string of the molecule is CC(=NOCC=CC1CCCCC1)C(=O)O. The van der Waals surface area contributed by atoms with Crippen molar-refractivity contribution in [2.45, 2.75) is 39.0 Å². The minimum absolute atomic E-state index is 0.0222. The zero-order chi connectivity index (χ0) is 11.8. The van der Waals surface area contributed by atoms with Crippen molar-refractivity contribution < 1.29 is 14.7 Å². The topological polar surface area (TPSA) is 58.9 Å². The van der Waals surface area contributed by atoms with Crippen molar-refractivity contribution in [1.29, 1.82) is 0 Å². The molecule has 0 unspecified atom stereocenters. The zero-order valence-electron chi connectivity index (χ0n) is 9.69. The van der Waals surface area contributed by atoms with E-state index in [4.69, 9.17) is 9.94 Å². The molecule has 1 N–H and O–H groups in total. The number of hydrogen-bond donors (Lipinski definition) is 1. The molecule has 0 heterocycles. The summed E-state index contributed by atoms with van der Waals surface area (Å²) in [4.78, 5) is 15.2. The van der Waals surface area contributed by atoms with Gasteiger partial charge < -0.3 is 9.94 Å². The summed E-state index contributed by atoms with van der Waals surface area (Å²) < 4.78 is 0. The first-order chi connectivity index (χ1) is 7.70. The van der Waals surface area contributed by atoms with Gasteiger partial charge in [-0.15, -0.1) is 0 Å². The highest BCUT2D eigenvalue weighted by atomic mass is 16.6. The van der Waals surface area contributed by atoms with E-state index in [1.807, 2.05) is 6.08 Å².